The molecule has 0 spiro atoms. The van der Waals surface area contributed by atoms with Gasteiger partial charge in [-0.25, -0.2) is 0 Å². The van der Waals surface area contributed by atoms with Crippen molar-refractivity contribution in [3.63, 3.8) is 0 Å². The molecule has 0 aliphatic rings. The predicted octanol–water partition coefficient (Wildman–Crippen LogP) is 3.53. The summed E-state index contributed by atoms with van der Waals surface area (Å²) in [5.41, 5.74) is 1.18. The largest absolute Gasteiger partial charge is 0.356 e. The average molecular weight is 218 g/mol. The van der Waals surface area contributed by atoms with Crippen LogP contribution in [0.15, 0.2) is 30.3 Å². The molecule has 0 aliphatic carbocycles. The van der Waals surface area contributed by atoms with Crippen molar-refractivity contribution in [2.24, 2.45) is 5.41 Å². The summed E-state index contributed by atoms with van der Waals surface area (Å²) in [6, 6.07) is 10.3. The van der Waals surface area contributed by atoms with Crippen LogP contribution in [0.5, 0.6) is 0 Å². The van der Waals surface area contributed by atoms with Gasteiger partial charge in [0.15, 0.2) is 0 Å². The zero-order valence-electron chi connectivity index (χ0n) is 10.7. The molecule has 0 amide bonds. The summed E-state index contributed by atoms with van der Waals surface area (Å²) in [5, 5.41) is 8.17. The third-order valence-electron chi connectivity index (χ3n) is 2.62. The van der Waals surface area contributed by atoms with Crippen molar-refractivity contribution in [2.75, 3.05) is 6.54 Å². The molecule has 16 heavy (non-hydrogen) atoms. The van der Waals surface area contributed by atoms with Crippen LogP contribution in [0.4, 0.5) is 0 Å². The molecule has 0 aliphatic heterocycles. The Morgan fingerprint density at radius 1 is 1.19 bits per heavy atom. The Bertz CT molecular complexity index is 336. The lowest BCUT2D eigenvalue weighted by Gasteiger charge is -2.31. The fourth-order valence-corrected chi connectivity index (χ4v) is 1.63. The first-order valence-electron chi connectivity index (χ1n) is 5.83. The maximum Gasteiger partial charge on any atom is 0.102 e. The summed E-state index contributed by atoms with van der Waals surface area (Å²) in [6.45, 7) is 10.1. The monoisotopic (exact) mass is 218 g/mol. The van der Waals surface area contributed by atoms with Gasteiger partial charge in [-0.2, -0.15) is 0 Å². The first-order chi connectivity index (χ1) is 7.45. The minimum atomic E-state index is -0.0786. The highest BCUT2D eigenvalue weighted by Crippen LogP contribution is 2.19. The van der Waals surface area contributed by atoms with E-state index < -0.39 is 0 Å². The van der Waals surface area contributed by atoms with Gasteiger partial charge in [-0.15, -0.1) is 0 Å². The fourth-order valence-electron chi connectivity index (χ4n) is 1.63. The molecule has 1 rings (SSSR count). The quantitative estimate of drug-likeness (QED) is 0.610. The van der Waals surface area contributed by atoms with Gasteiger partial charge in [0, 0.05) is 18.5 Å². The van der Waals surface area contributed by atoms with Crippen LogP contribution in [0, 0.1) is 10.8 Å². The topological polar surface area (TPSA) is 27.1 Å². The van der Waals surface area contributed by atoms with E-state index in [1.807, 2.05) is 18.2 Å². The Kier molecular flexibility index (Phi) is 4.11. The highest BCUT2D eigenvalue weighted by atomic mass is 15.2. The minimum absolute atomic E-state index is 0.0786. The lowest BCUT2D eigenvalue weighted by atomic mass is 9.94. The molecule has 0 saturated carbocycles. The third-order valence-corrected chi connectivity index (χ3v) is 2.62. The fraction of sp³-hybridized carbons (Fsp3) is 0.500. The summed E-state index contributed by atoms with van der Waals surface area (Å²) >= 11 is 0. The summed E-state index contributed by atoms with van der Waals surface area (Å²) < 4.78 is 0. The van der Waals surface area contributed by atoms with Crippen molar-refractivity contribution >= 4 is 5.84 Å². The number of rotatable bonds is 3. The maximum absolute atomic E-state index is 8.17. The molecule has 0 atom stereocenters. The minimum Gasteiger partial charge on any atom is -0.356 e. The molecule has 0 fully saturated rings. The molecule has 1 aromatic carbocycles. The lowest BCUT2D eigenvalue weighted by molar-refractivity contribution is 0.375. The molecule has 0 radical (unpaired) electrons. The molecule has 0 saturated heterocycles. The van der Waals surface area contributed by atoms with E-state index >= 15 is 0 Å². The Hall–Kier alpha value is -1.31. The van der Waals surface area contributed by atoms with E-state index in [-0.39, 0.29) is 5.41 Å². The molecule has 0 unspecified atom stereocenters. The van der Waals surface area contributed by atoms with Crippen molar-refractivity contribution in [3.8, 4) is 0 Å². The van der Waals surface area contributed by atoms with Crippen molar-refractivity contribution in [2.45, 2.75) is 34.2 Å². The van der Waals surface area contributed by atoms with Crippen LogP contribution in [-0.2, 0) is 6.54 Å². The van der Waals surface area contributed by atoms with Gasteiger partial charge in [-0.05, 0) is 12.5 Å². The molecule has 2 heteroatoms. The summed E-state index contributed by atoms with van der Waals surface area (Å²) in [4.78, 5) is 2.12. The van der Waals surface area contributed by atoms with Gasteiger partial charge in [0.2, 0.25) is 0 Å². The second-order valence-corrected chi connectivity index (χ2v) is 5.10. The average Bonchev–Trinajstić information content (AvgIpc) is 2.25. The van der Waals surface area contributed by atoms with Crippen LogP contribution in [0.3, 0.4) is 0 Å². The summed E-state index contributed by atoms with van der Waals surface area (Å²) in [5.74, 6) is 0.707. The highest BCUT2D eigenvalue weighted by Gasteiger charge is 2.22. The SMILES string of the molecule is CCN(Cc1ccccc1)C(=N)C(C)(C)C. The van der Waals surface area contributed by atoms with Crippen LogP contribution in [-0.4, -0.2) is 17.3 Å². The molecular weight excluding hydrogens is 196 g/mol. The molecule has 0 aromatic heterocycles. The van der Waals surface area contributed by atoms with E-state index in [1.165, 1.54) is 5.56 Å². The van der Waals surface area contributed by atoms with Gasteiger partial charge in [-0.3, -0.25) is 5.41 Å². The maximum atomic E-state index is 8.17. The third kappa shape index (κ3) is 3.37. The zero-order valence-corrected chi connectivity index (χ0v) is 10.7. The van der Waals surface area contributed by atoms with E-state index in [4.69, 9.17) is 5.41 Å². The number of nitrogens with zero attached hydrogens (tertiary/aromatic N) is 1. The molecule has 1 N–H and O–H groups in total. The van der Waals surface area contributed by atoms with Gasteiger partial charge < -0.3 is 4.90 Å². The van der Waals surface area contributed by atoms with E-state index in [0.717, 1.165) is 13.1 Å². The normalized spacial score (nSPS) is 11.2. The summed E-state index contributed by atoms with van der Waals surface area (Å²) in [6.07, 6.45) is 0. The van der Waals surface area contributed by atoms with Crippen LogP contribution < -0.4 is 0 Å². The number of hydrogen-bond acceptors (Lipinski definition) is 1. The van der Waals surface area contributed by atoms with Gasteiger partial charge in [0.05, 0.1) is 0 Å². The Balaban J connectivity index is 2.74. The number of nitrogens with one attached hydrogen (secondary N) is 1. The lowest BCUT2D eigenvalue weighted by Crippen LogP contribution is -2.38. The van der Waals surface area contributed by atoms with Crippen molar-refractivity contribution in [1.82, 2.24) is 4.90 Å². The van der Waals surface area contributed by atoms with Gasteiger partial charge >= 0.3 is 0 Å². The highest BCUT2D eigenvalue weighted by molar-refractivity contribution is 5.84. The molecule has 1 aromatic rings. The van der Waals surface area contributed by atoms with Gasteiger partial charge in [0.1, 0.15) is 5.84 Å². The van der Waals surface area contributed by atoms with Crippen molar-refractivity contribution in [1.29, 1.82) is 5.41 Å². The molecular formula is C14H22N2. The van der Waals surface area contributed by atoms with E-state index in [9.17, 15) is 0 Å². The number of hydrogen-bond donors (Lipinski definition) is 1. The van der Waals surface area contributed by atoms with E-state index in [1.54, 1.807) is 0 Å². The zero-order chi connectivity index (χ0) is 12.2. The standard InChI is InChI=1S/C14H22N2/c1-5-16(13(15)14(2,3)4)11-12-9-7-6-8-10-12/h6-10,15H,5,11H2,1-4H3. The van der Waals surface area contributed by atoms with Crippen LogP contribution >= 0.6 is 0 Å². The molecule has 0 bridgehead atoms. The van der Waals surface area contributed by atoms with Gasteiger partial charge in [-0.1, -0.05) is 51.1 Å². The van der Waals surface area contributed by atoms with Crippen LogP contribution in [0.25, 0.3) is 0 Å². The summed E-state index contributed by atoms with van der Waals surface area (Å²) in [7, 11) is 0. The van der Waals surface area contributed by atoms with E-state index in [2.05, 4.69) is 44.7 Å². The van der Waals surface area contributed by atoms with Crippen LogP contribution in [0.2, 0.25) is 0 Å². The Morgan fingerprint density at radius 2 is 1.75 bits per heavy atom. The molecule has 0 heterocycles. The van der Waals surface area contributed by atoms with E-state index in [0.29, 0.717) is 5.84 Å². The second-order valence-electron chi connectivity index (χ2n) is 5.10. The van der Waals surface area contributed by atoms with Gasteiger partial charge in [0.25, 0.3) is 0 Å². The second kappa shape index (κ2) is 5.15. The molecule has 2 nitrogen and oxygen atoms in total. The first kappa shape index (κ1) is 12.8. The Morgan fingerprint density at radius 3 is 2.19 bits per heavy atom. The van der Waals surface area contributed by atoms with Crippen molar-refractivity contribution < 1.29 is 0 Å². The number of amidine groups is 1. The molecule has 88 valence electrons. The number of benzene rings is 1. The van der Waals surface area contributed by atoms with Crippen molar-refractivity contribution in [3.05, 3.63) is 35.9 Å². The Labute approximate surface area is 98.8 Å². The van der Waals surface area contributed by atoms with Crippen LogP contribution in [0.1, 0.15) is 33.3 Å². The first-order valence-corrected chi connectivity index (χ1v) is 5.83. The predicted molar refractivity (Wildman–Crippen MR) is 69.7 cm³/mol. The smallest absolute Gasteiger partial charge is 0.102 e.